The predicted octanol–water partition coefficient (Wildman–Crippen LogP) is 0.642. The third kappa shape index (κ3) is 2.71. The van der Waals surface area contributed by atoms with Gasteiger partial charge in [0, 0.05) is 5.69 Å². The Morgan fingerprint density at radius 3 is 2.39 bits per heavy atom. The molecule has 2 rings (SSSR count). The van der Waals surface area contributed by atoms with E-state index in [1.54, 1.807) is 12.1 Å². The van der Waals surface area contributed by atoms with Gasteiger partial charge >= 0.3 is 12.0 Å². The zero-order valence-corrected chi connectivity index (χ0v) is 9.77. The van der Waals surface area contributed by atoms with Gasteiger partial charge in [-0.15, -0.1) is 0 Å². The van der Waals surface area contributed by atoms with Gasteiger partial charge < -0.3 is 21.5 Å². The average Bonchev–Trinajstić information content (AvgIpc) is 3.08. The maximum atomic E-state index is 11.5. The molecule has 1 aromatic carbocycles. The fraction of sp³-hybridized carbons (Fsp3) is 0.333. The third-order valence-corrected chi connectivity index (χ3v) is 2.97. The van der Waals surface area contributed by atoms with Gasteiger partial charge in [-0.25, -0.2) is 4.79 Å². The highest BCUT2D eigenvalue weighted by Gasteiger charge is 2.45. The number of hydrogen-bond donors (Lipinski definition) is 4. The van der Waals surface area contributed by atoms with Gasteiger partial charge in [-0.05, 0) is 30.5 Å². The number of rotatable bonds is 4. The first-order chi connectivity index (χ1) is 8.52. The first-order valence-electron chi connectivity index (χ1n) is 5.66. The molecule has 1 fully saturated rings. The van der Waals surface area contributed by atoms with Crippen molar-refractivity contribution in [1.82, 2.24) is 10.6 Å². The summed E-state index contributed by atoms with van der Waals surface area (Å²) in [7, 11) is 0. The van der Waals surface area contributed by atoms with Crippen molar-refractivity contribution in [3.63, 3.8) is 0 Å². The maximum Gasteiger partial charge on any atom is 0.323 e. The molecule has 0 atom stereocenters. The minimum absolute atomic E-state index is 0.365. The topological polar surface area (TPSA) is 104 Å². The number of carbonyl (C=O) groups is 2. The SMILES string of the molecule is Nc1ccc(C2(NC(=O)NCC(=O)O)CC2)cc1. The molecule has 1 aliphatic carbocycles. The first kappa shape index (κ1) is 12.2. The van der Waals surface area contributed by atoms with E-state index in [1.165, 1.54) is 0 Å². The van der Waals surface area contributed by atoms with E-state index in [4.69, 9.17) is 10.8 Å². The summed E-state index contributed by atoms with van der Waals surface area (Å²) in [6, 6.07) is 6.85. The predicted molar refractivity (Wildman–Crippen MR) is 65.9 cm³/mol. The van der Waals surface area contributed by atoms with Crippen LogP contribution in [0.1, 0.15) is 18.4 Å². The molecule has 0 heterocycles. The molecule has 0 spiro atoms. The molecule has 0 radical (unpaired) electrons. The number of amides is 2. The summed E-state index contributed by atoms with van der Waals surface area (Å²) < 4.78 is 0. The molecule has 5 N–H and O–H groups in total. The number of nitrogens with one attached hydrogen (secondary N) is 2. The van der Waals surface area contributed by atoms with E-state index in [2.05, 4.69) is 10.6 Å². The van der Waals surface area contributed by atoms with Crippen LogP contribution in [0.4, 0.5) is 10.5 Å². The standard InChI is InChI=1S/C12H15N3O3/c13-9-3-1-8(2-4-9)12(5-6-12)15-11(18)14-7-10(16)17/h1-4H,5-7,13H2,(H,16,17)(H2,14,15,18). The number of carbonyl (C=O) groups excluding carboxylic acids is 1. The molecule has 0 bridgehead atoms. The van der Waals surface area contributed by atoms with Crippen molar-refractivity contribution in [2.75, 3.05) is 12.3 Å². The van der Waals surface area contributed by atoms with E-state index in [0.717, 1.165) is 18.4 Å². The Kier molecular flexibility index (Phi) is 3.10. The van der Waals surface area contributed by atoms with Gasteiger partial charge in [0.15, 0.2) is 0 Å². The van der Waals surface area contributed by atoms with Crippen LogP contribution in [0.2, 0.25) is 0 Å². The van der Waals surface area contributed by atoms with Crippen LogP contribution in [-0.2, 0) is 10.3 Å². The van der Waals surface area contributed by atoms with Crippen LogP contribution in [0.5, 0.6) is 0 Å². The number of hydrogen-bond acceptors (Lipinski definition) is 3. The van der Waals surface area contributed by atoms with Gasteiger partial charge in [0.05, 0.1) is 5.54 Å². The van der Waals surface area contributed by atoms with Crippen LogP contribution in [0.15, 0.2) is 24.3 Å². The highest BCUT2D eigenvalue weighted by Crippen LogP contribution is 2.45. The van der Waals surface area contributed by atoms with Gasteiger partial charge in [0.25, 0.3) is 0 Å². The number of anilines is 1. The lowest BCUT2D eigenvalue weighted by Gasteiger charge is -2.18. The number of benzene rings is 1. The molecule has 0 unspecified atom stereocenters. The average molecular weight is 249 g/mol. The number of carboxylic acid groups (broad SMARTS) is 1. The molecule has 0 aromatic heterocycles. The Morgan fingerprint density at radius 1 is 1.28 bits per heavy atom. The van der Waals surface area contributed by atoms with E-state index in [-0.39, 0.29) is 12.1 Å². The first-order valence-corrected chi connectivity index (χ1v) is 5.66. The van der Waals surface area contributed by atoms with E-state index in [0.29, 0.717) is 5.69 Å². The highest BCUT2D eigenvalue weighted by atomic mass is 16.4. The summed E-state index contributed by atoms with van der Waals surface area (Å²) in [6.07, 6.45) is 1.69. The lowest BCUT2D eigenvalue weighted by atomic mass is 10.0. The largest absolute Gasteiger partial charge is 0.480 e. The minimum Gasteiger partial charge on any atom is -0.480 e. The van der Waals surface area contributed by atoms with Crippen LogP contribution in [0, 0.1) is 0 Å². The van der Waals surface area contributed by atoms with Gasteiger partial charge in [-0.1, -0.05) is 12.1 Å². The Labute approximate surface area is 104 Å². The molecule has 96 valence electrons. The number of aliphatic carboxylic acids is 1. The monoisotopic (exact) mass is 249 g/mol. The molecule has 2 amide bonds. The van der Waals surface area contributed by atoms with Crippen molar-refractivity contribution in [2.24, 2.45) is 0 Å². The summed E-state index contributed by atoms with van der Waals surface area (Å²) in [5, 5.41) is 13.6. The van der Waals surface area contributed by atoms with Crippen molar-refractivity contribution < 1.29 is 14.7 Å². The summed E-state index contributed by atoms with van der Waals surface area (Å²) in [6.45, 7) is -0.385. The van der Waals surface area contributed by atoms with Crippen molar-refractivity contribution in [3.05, 3.63) is 29.8 Å². The summed E-state index contributed by atoms with van der Waals surface area (Å²) in [4.78, 5) is 21.9. The molecule has 0 aliphatic heterocycles. The highest BCUT2D eigenvalue weighted by molar-refractivity contribution is 5.80. The number of nitrogens with two attached hydrogens (primary N) is 1. The van der Waals surface area contributed by atoms with Crippen LogP contribution >= 0.6 is 0 Å². The number of nitrogen functional groups attached to an aromatic ring is 1. The van der Waals surface area contributed by atoms with Gasteiger partial charge in [0.1, 0.15) is 6.54 Å². The summed E-state index contributed by atoms with van der Waals surface area (Å²) >= 11 is 0. The number of carboxylic acids is 1. The van der Waals surface area contributed by atoms with Crippen molar-refractivity contribution >= 4 is 17.7 Å². The molecular weight excluding hydrogens is 234 g/mol. The lowest BCUT2D eigenvalue weighted by Crippen LogP contribution is -2.43. The third-order valence-electron chi connectivity index (χ3n) is 2.97. The smallest absolute Gasteiger partial charge is 0.323 e. The summed E-state index contributed by atoms with van der Waals surface area (Å²) in [5.74, 6) is -1.07. The van der Waals surface area contributed by atoms with E-state index in [1.807, 2.05) is 12.1 Å². The lowest BCUT2D eigenvalue weighted by molar-refractivity contribution is -0.135. The Balaban J connectivity index is 1.98. The molecule has 1 aromatic rings. The van der Waals surface area contributed by atoms with E-state index < -0.39 is 12.0 Å². The van der Waals surface area contributed by atoms with Crippen molar-refractivity contribution in [1.29, 1.82) is 0 Å². The van der Waals surface area contributed by atoms with Crippen LogP contribution < -0.4 is 16.4 Å². The second-order valence-electron chi connectivity index (χ2n) is 4.41. The Hall–Kier alpha value is -2.24. The fourth-order valence-corrected chi connectivity index (χ4v) is 1.83. The van der Waals surface area contributed by atoms with E-state index in [9.17, 15) is 9.59 Å². The quantitative estimate of drug-likeness (QED) is 0.588. The molecule has 6 nitrogen and oxygen atoms in total. The van der Waals surface area contributed by atoms with Gasteiger partial charge in [0.2, 0.25) is 0 Å². The van der Waals surface area contributed by atoms with E-state index >= 15 is 0 Å². The van der Waals surface area contributed by atoms with Gasteiger partial charge in [-0.3, -0.25) is 4.79 Å². The molecule has 1 aliphatic rings. The minimum atomic E-state index is -1.07. The van der Waals surface area contributed by atoms with Crippen molar-refractivity contribution in [3.8, 4) is 0 Å². The fourth-order valence-electron chi connectivity index (χ4n) is 1.83. The van der Waals surface area contributed by atoms with Crippen molar-refractivity contribution in [2.45, 2.75) is 18.4 Å². The zero-order valence-electron chi connectivity index (χ0n) is 9.77. The molecular formula is C12H15N3O3. The number of urea groups is 1. The van der Waals surface area contributed by atoms with Crippen LogP contribution in [0.25, 0.3) is 0 Å². The Bertz CT molecular complexity index is 466. The second kappa shape index (κ2) is 4.56. The maximum absolute atomic E-state index is 11.5. The van der Waals surface area contributed by atoms with Gasteiger partial charge in [-0.2, -0.15) is 0 Å². The van der Waals surface area contributed by atoms with Crippen LogP contribution in [-0.4, -0.2) is 23.7 Å². The molecule has 18 heavy (non-hydrogen) atoms. The molecule has 1 saturated carbocycles. The normalized spacial score (nSPS) is 15.8. The summed E-state index contributed by atoms with van der Waals surface area (Å²) in [5.41, 5.74) is 6.90. The second-order valence-corrected chi connectivity index (χ2v) is 4.41. The zero-order chi connectivity index (χ0) is 13.2. The molecule has 6 heteroatoms. The molecule has 0 saturated heterocycles. The van der Waals surface area contributed by atoms with Crippen LogP contribution in [0.3, 0.4) is 0 Å². The Morgan fingerprint density at radius 2 is 1.89 bits per heavy atom.